The monoisotopic (exact) mass is 348 g/mol. The standard InChI is InChI=1S/C16H13ClN2OS2/c1-2-10-3-5-11(6-4-10)12-9-21-16(18-12)19-15(20)13-7-8-14(17)22-13/h3-9H,2H2,1H3,(H,18,19,20). The van der Waals surface area contributed by atoms with Gasteiger partial charge in [-0.15, -0.1) is 22.7 Å². The lowest BCUT2D eigenvalue weighted by Crippen LogP contribution is -2.09. The predicted molar refractivity (Wildman–Crippen MR) is 94.2 cm³/mol. The average Bonchev–Trinajstić information content (AvgIpc) is 3.16. The molecule has 3 rings (SSSR count). The number of thiazole rings is 1. The van der Waals surface area contributed by atoms with Crippen molar-refractivity contribution in [3.8, 4) is 11.3 Å². The van der Waals surface area contributed by atoms with E-state index in [1.165, 1.54) is 28.2 Å². The molecule has 0 bridgehead atoms. The molecule has 0 aliphatic rings. The highest BCUT2D eigenvalue weighted by molar-refractivity contribution is 7.18. The Labute approximate surface area is 141 Å². The van der Waals surface area contributed by atoms with Gasteiger partial charge in [-0.25, -0.2) is 4.98 Å². The number of nitrogens with one attached hydrogen (secondary N) is 1. The number of hydrogen-bond donors (Lipinski definition) is 1. The molecular formula is C16H13ClN2OS2. The lowest BCUT2D eigenvalue weighted by atomic mass is 10.1. The Hall–Kier alpha value is -1.69. The summed E-state index contributed by atoms with van der Waals surface area (Å²) in [6, 6.07) is 11.7. The van der Waals surface area contributed by atoms with Gasteiger partial charge in [-0.05, 0) is 24.1 Å². The van der Waals surface area contributed by atoms with E-state index in [0.29, 0.717) is 14.3 Å². The Morgan fingerprint density at radius 2 is 2.00 bits per heavy atom. The van der Waals surface area contributed by atoms with Crippen LogP contribution in [-0.2, 0) is 6.42 Å². The third kappa shape index (κ3) is 3.38. The van der Waals surface area contributed by atoms with Crippen molar-refractivity contribution in [2.45, 2.75) is 13.3 Å². The number of halogens is 1. The van der Waals surface area contributed by atoms with E-state index in [-0.39, 0.29) is 5.91 Å². The Balaban J connectivity index is 1.74. The molecule has 3 nitrogen and oxygen atoms in total. The van der Waals surface area contributed by atoms with Crippen molar-refractivity contribution in [2.24, 2.45) is 0 Å². The highest BCUT2D eigenvalue weighted by atomic mass is 35.5. The molecule has 112 valence electrons. The number of nitrogens with zero attached hydrogens (tertiary/aromatic N) is 1. The SMILES string of the molecule is CCc1ccc(-c2csc(NC(=O)c3ccc(Cl)s3)n2)cc1. The molecule has 22 heavy (non-hydrogen) atoms. The van der Waals surface area contributed by atoms with E-state index in [1.54, 1.807) is 12.1 Å². The third-order valence-electron chi connectivity index (χ3n) is 3.18. The van der Waals surface area contributed by atoms with Crippen molar-refractivity contribution in [2.75, 3.05) is 5.32 Å². The predicted octanol–water partition coefficient (Wildman–Crippen LogP) is 5.34. The van der Waals surface area contributed by atoms with Crippen LogP contribution in [0.5, 0.6) is 0 Å². The number of anilines is 1. The fourth-order valence-electron chi connectivity index (χ4n) is 1.97. The number of thiophene rings is 1. The summed E-state index contributed by atoms with van der Waals surface area (Å²) in [5.74, 6) is -0.181. The van der Waals surface area contributed by atoms with E-state index < -0.39 is 0 Å². The van der Waals surface area contributed by atoms with Crippen molar-refractivity contribution in [1.29, 1.82) is 0 Å². The molecule has 0 aliphatic heterocycles. The smallest absolute Gasteiger partial charge is 0.267 e. The van der Waals surface area contributed by atoms with Crippen LogP contribution >= 0.6 is 34.3 Å². The Morgan fingerprint density at radius 1 is 1.23 bits per heavy atom. The van der Waals surface area contributed by atoms with Crippen LogP contribution in [0.15, 0.2) is 41.8 Å². The third-order valence-corrected chi connectivity index (χ3v) is 5.17. The molecule has 1 amide bonds. The minimum Gasteiger partial charge on any atom is -0.297 e. The second-order valence-electron chi connectivity index (χ2n) is 4.65. The van der Waals surface area contributed by atoms with Crippen LogP contribution < -0.4 is 5.32 Å². The minimum absolute atomic E-state index is 0.181. The molecule has 6 heteroatoms. The first-order valence-electron chi connectivity index (χ1n) is 6.77. The zero-order valence-corrected chi connectivity index (χ0v) is 14.2. The fourth-order valence-corrected chi connectivity index (χ4v) is 3.62. The molecule has 0 saturated heterocycles. The quantitative estimate of drug-likeness (QED) is 0.691. The number of aryl methyl sites for hydroxylation is 1. The zero-order valence-electron chi connectivity index (χ0n) is 11.8. The molecule has 0 saturated carbocycles. The van der Waals surface area contributed by atoms with Crippen LogP contribution in [0.1, 0.15) is 22.2 Å². The molecule has 0 aliphatic carbocycles. The second-order valence-corrected chi connectivity index (χ2v) is 7.22. The van der Waals surface area contributed by atoms with Gasteiger partial charge >= 0.3 is 0 Å². The van der Waals surface area contributed by atoms with Gasteiger partial charge in [-0.2, -0.15) is 0 Å². The number of amides is 1. The number of aromatic nitrogens is 1. The maximum Gasteiger partial charge on any atom is 0.267 e. The van der Waals surface area contributed by atoms with E-state index in [1.807, 2.05) is 5.38 Å². The summed E-state index contributed by atoms with van der Waals surface area (Å²) in [5, 5.41) is 5.33. The van der Waals surface area contributed by atoms with E-state index >= 15 is 0 Å². The number of benzene rings is 1. The highest BCUT2D eigenvalue weighted by Gasteiger charge is 2.12. The summed E-state index contributed by atoms with van der Waals surface area (Å²) in [5.41, 5.74) is 3.21. The lowest BCUT2D eigenvalue weighted by Gasteiger charge is -2.00. The van der Waals surface area contributed by atoms with Gasteiger partial charge in [0, 0.05) is 10.9 Å². The first kappa shape index (κ1) is 15.2. The van der Waals surface area contributed by atoms with Gasteiger partial charge in [0.25, 0.3) is 5.91 Å². The summed E-state index contributed by atoms with van der Waals surface area (Å²) in [7, 11) is 0. The molecule has 0 atom stereocenters. The van der Waals surface area contributed by atoms with Gasteiger partial charge in [-0.3, -0.25) is 10.1 Å². The second kappa shape index (κ2) is 6.60. The maximum atomic E-state index is 12.1. The van der Waals surface area contributed by atoms with Crippen LogP contribution in [0.4, 0.5) is 5.13 Å². The van der Waals surface area contributed by atoms with Crippen molar-refractivity contribution in [3.05, 3.63) is 56.6 Å². The summed E-state index contributed by atoms with van der Waals surface area (Å²) in [4.78, 5) is 17.1. The molecule has 0 radical (unpaired) electrons. The molecule has 0 fully saturated rings. The Morgan fingerprint density at radius 3 is 2.64 bits per heavy atom. The largest absolute Gasteiger partial charge is 0.297 e. The fraction of sp³-hybridized carbons (Fsp3) is 0.125. The average molecular weight is 349 g/mol. The molecule has 2 heterocycles. The summed E-state index contributed by atoms with van der Waals surface area (Å²) in [6.07, 6.45) is 1.02. The summed E-state index contributed by atoms with van der Waals surface area (Å²) < 4.78 is 0.598. The van der Waals surface area contributed by atoms with Crippen molar-refractivity contribution in [1.82, 2.24) is 4.98 Å². The van der Waals surface area contributed by atoms with Crippen molar-refractivity contribution in [3.63, 3.8) is 0 Å². The molecule has 0 unspecified atom stereocenters. The Kier molecular flexibility index (Phi) is 4.57. The van der Waals surface area contributed by atoms with Crippen LogP contribution in [0.3, 0.4) is 0 Å². The minimum atomic E-state index is -0.181. The van der Waals surface area contributed by atoms with Crippen LogP contribution in [0.25, 0.3) is 11.3 Å². The first-order valence-corrected chi connectivity index (χ1v) is 8.84. The highest BCUT2D eigenvalue weighted by Crippen LogP contribution is 2.27. The van der Waals surface area contributed by atoms with Crippen LogP contribution in [0.2, 0.25) is 4.34 Å². The first-order chi connectivity index (χ1) is 10.7. The molecular weight excluding hydrogens is 336 g/mol. The normalized spacial score (nSPS) is 10.6. The van der Waals surface area contributed by atoms with Gasteiger partial charge < -0.3 is 0 Å². The number of hydrogen-bond acceptors (Lipinski definition) is 4. The van der Waals surface area contributed by atoms with Crippen molar-refractivity contribution < 1.29 is 4.79 Å². The van der Waals surface area contributed by atoms with Crippen molar-refractivity contribution >= 4 is 45.3 Å². The Bertz CT molecular complexity index is 793. The van der Waals surface area contributed by atoms with Crippen LogP contribution in [-0.4, -0.2) is 10.9 Å². The molecule has 3 aromatic rings. The van der Waals surface area contributed by atoms with Gasteiger partial charge in [-0.1, -0.05) is 42.8 Å². The number of rotatable bonds is 4. The topological polar surface area (TPSA) is 42.0 Å². The van der Waals surface area contributed by atoms with Gasteiger partial charge in [0.1, 0.15) is 0 Å². The molecule has 1 N–H and O–H groups in total. The molecule has 1 aromatic carbocycles. The zero-order chi connectivity index (χ0) is 15.5. The van der Waals surface area contributed by atoms with E-state index in [2.05, 4.69) is 41.5 Å². The molecule has 2 aromatic heterocycles. The van der Waals surface area contributed by atoms with E-state index in [0.717, 1.165) is 17.7 Å². The van der Waals surface area contributed by atoms with Gasteiger partial charge in [0.05, 0.1) is 14.9 Å². The van der Waals surface area contributed by atoms with E-state index in [9.17, 15) is 4.79 Å². The lowest BCUT2D eigenvalue weighted by molar-refractivity contribution is 0.103. The maximum absolute atomic E-state index is 12.1. The number of carbonyl (C=O) groups is 1. The summed E-state index contributed by atoms with van der Waals surface area (Å²) >= 11 is 8.51. The summed E-state index contributed by atoms with van der Waals surface area (Å²) in [6.45, 7) is 2.13. The van der Waals surface area contributed by atoms with Crippen LogP contribution in [0, 0.1) is 0 Å². The van der Waals surface area contributed by atoms with Gasteiger partial charge in [0.15, 0.2) is 5.13 Å². The number of carbonyl (C=O) groups excluding carboxylic acids is 1. The molecule has 0 spiro atoms. The van der Waals surface area contributed by atoms with Gasteiger partial charge in [0.2, 0.25) is 0 Å². The van der Waals surface area contributed by atoms with E-state index in [4.69, 9.17) is 11.6 Å².